The van der Waals surface area contributed by atoms with Crippen molar-refractivity contribution in [2.75, 3.05) is 39.8 Å². The normalized spacial score (nSPS) is 28.2. The molecule has 1 atom stereocenters. The summed E-state index contributed by atoms with van der Waals surface area (Å²) in [4.78, 5) is 5.08. The first-order valence-corrected chi connectivity index (χ1v) is 7.16. The van der Waals surface area contributed by atoms with Crippen molar-refractivity contribution >= 4 is 0 Å². The summed E-state index contributed by atoms with van der Waals surface area (Å²) in [5, 5.41) is 3.68. The highest BCUT2D eigenvalue weighted by molar-refractivity contribution is 4.89. The van der Waals surface area contributed by atoms with Crippen LogP contribution in [0.1, 0.15) is 33.6 Å². The molecule has 0 aromatic carbocycles. The minimum atomic E-state index is 0.334. The van der Waals surface area contributed by atoms with Crippen LogP contribution in [0.15, 0.2) is 0 Å². The van der Waals surface area contributed by atoms with Crippen molar-refractivity contribution in [3.05, 3.63) is 0 Å². The smallest absolute Gasteiger partial charge is 0.0277 e. The average molecular weight is 239 g/mol. The second-order valence-electron chi connectivity index (χ2n) is 6.59. The molecule has 1 unspecified atom stereocenters. The van der Waals surface area contributed by atoms with E-state index < -0.39 is 0 Å². The lowest BCUT2D eigenvalue weighted by molar-refractivity contribution is 0.0404. The zero-order valence-electron chi connectivity index (χ0n) is 12.0. The Balaban J connectivity index is 1.65. The highest BCUT2D eigenvalue weighted by Gasteiger charge is 2.31. The molecule has 1 aliphatic carbocycles. The van der Waals surface area contributed by atoms with Gasteiger partial charge in [0.05, 0.1) is 0 Å². The van der Waals surface area contributed by atoms with Crippen molar-refractivity contribution < 1.29 is 0 Å². The second-order valence-corrected chi connectivity index (χ2v) is 6.59. The largest absolute Gasteiger partial charge is 0.313 e. The van der Waals surface area contributed by atoms with Gasteiger partial charge in [0, 0.05) is 44.3 Å². The first kappa shape index (κ1) is 13.3. The molecule has 0 amide bonds. The van der Waals surface area contributed by atoms with Gasteiger partial charge >= 0.3 is 0 Å². The van der Waals surface area contributed by atoms with Gasteiger partial charge in [0.15, 0.2) is 0 Å². The van der Waals surface area contributed by atoms with Gasteiger partial charge in [-0.2, -0.15) is 0 Å². The number of nitrogens with zero attached hydrogens (tertiary/aromatic N) is 2. The van der Waals surface area contributed by atoms with Crippen molar-refractivity contribution in [2.45, 2.75) is 45.2 Å². The fourth-order valence-corrected chi connectivity index (χ4v) is 2.75. The lowest BCUT2D eigenvalue weighted by Gasteiger charge is -2.45. The zero-order valence-corrected chi connectivity index (χ0v) is 12.0. The molecular weight excluding hydrogens is 210 g/mol. The number of hydrogen-bond acceptors (Lipinski definition) is 3. The fraction of sp³-hybridized carbons (Fsp3) is 1.00. The summed E-state index contributed by atoms with van der Waals surface area (Å²) in [6, 6.07) is 0.732. The Morgan fingerprint density at radius 1 is 1.29 bits per heavy atom. The summed E-state index contributed by atoms with van der Waals surface area (Å²) in [5.74, 6) is 0.971. The van der Waals surface area contributed by atoms with E-state index in [-0.39, 0.29) is 0 Å². The maximum atomic E-state index is 3.68. The van der Waals surface area contributed by atoms with Gasteiger partial charge < -0.3 is 5.32 Å². The van der Waals surface area contributed by atoms with Crippen LogP contribution in [0.25, 0.3) is 0 Å². The molecule has 0 aromatic heterocycles. The lowest BCUT2D eigenvalue weighted by Crippen LogP contribution is -2.58. The molecule has 2 aliphatic rings. The Labute approximate surface area is 107 Å². The molecule has 1 N–H and O–H groups in total. The van der Waals surface area contributed by atoms with Gasteiger partial charge in [-0.1, -0.05) is 0 Å². The standard InChI is InChI=1S/C14H29N3/c1-12(13-5-6-13)15-7-8-17-10-9-16(4)14(2,3)11-17/h12-13,15H,5-11H2,1-4H3. The highest BCUT2D eigenvalue weighted by Crippen LogP contribution is 2.32. The summed E-state index contributed by atoms with van der Waals surface area (Å²) in [6.07, 6.45) is 2.88. The molecule has 100 valence electrons. The molecule has 2 fully saturated rings. The molecule has 17 heavy (non-hydrogen) atoms. The van der Waals surface area contributed by atoms with Gasteiger partial charge in [0.1, 0.15) is 0 Å². The maximum Gasteiger partial charge on any atom is 0.0277 e. The first-order chi connectivity index (χ1) is 7.99. The van der Waals surface area contributed by atoms with Gasteiger partial charge in [-0.15, -0.1) is 0 Å². The Kier molecular flexibility index (Phi) is 4.11. The molecule has 0 bridgehead atoms. The molecule has 0 spiro atoms. The van der Waals surface area contributed by atoms with Crippen molar-refractivity contribution in [1.82, 2.24) is 15.1 Å². The summed E-state index contributed by atoms with van der Waals surface area (Å²) in [5.41, 5.74) is 0.334. The Bertz CT molecular complexity index is 248. The molecule has 3 heteroatoms. The minimum absolute atomic E-state index is 0.334. The van der Waals surface area contributed by atoms with Crippen LogP contribution in [0.4, 0.5) is 0 Å². The number of likely N-dealkylation sites (N-methyl/N-ethyl adjacent to an activating group) is 1. The Morgan fingerprint density at radius 2 is 2.00 bits per heavy atom. The van der Waals surface area contributed by atoms with Crippen LogP contribution in [-0.4, -0.2) is 61.2 Å². The summed E-state index contributed by atoms with van der Waals surface area (Å²) < 4.78 is 0. The third-order valence-corrected chi connectivity index (χ3v) is 4.62. The van der Waals surface area contributed by atoms with Crippen LogP contribution in [0.2, 0.25) is 0 Å². The van der Waals surface area contributed by atoms with Crippen LogP contribution in [0.3, 0.4) is 0 Å². The molecule has 0 aromatic rings. The molecule has 1 heterocycles. The van der Waals surface area contributed by atoms with E-state index in [0.717, 1.165) is 18.5 Å². The quantitative estimate of drug-likeness (QED) is 0.782. The topological polar surface area (TPSA) is 18.5 Å². The van der Waals surface area contributed by atoms with E-state index in [0.29, 0.717) is 5.54 Å². The van der Waals surface area contributed by atoms with Crippen molar-refractivity contribution in [2.24, 2.45) is 5.92 Å². The maximum absolute atomic E-state index is 3.68. The third-order valence-electron chi connectivity index (χ3n) is 4.62. The van der Waals surface area contributed by atoms with Crippen LogP contribution in [-0.2, 0) is 0 Å². The molecule has 1 saturated heterocycles. The van der Waals surface area contributed by atoms with Gasteiger partial charge in [-0.3, -0.25) is 9.80 Å². The van der Waals surface area contributed by atoms with E-state index in [1.165, 1.54) is 39.0 Å². The predicted molar refractivity (Wildman–Crippen MR) is 73.3 cm³/mol. The van der Waals surface area contributed by atoms with E-state index in [2.05, 4.69) is 42.9 Å². The Hall–Kier alpha value is -0.120. The number of rotatable bonds is 5. The molecule has 3 nitrogen and oxygen atoms in total. The monoisotopic (exact) mass is 239 g/mol. The highest BCUT2D eigenvalue weighted by atomic mass is 15.3. The van der Waals surface area contributed by atoms with E-state index in [1.54, 1.807) is 0 Å². The number of piperazine rings is 1. The SMILES string of the molecule is CC(NCCN1CCN(C)C(C)(C)C1)C1CC1. The van der Waals surface area contributed by atoms with E-state index >= 15 is 0 Å². The van der Waals surface area contributed by atoms with Gasteiger partial charge in [-0.25, -0.2) is 0 Å². The fourth-order valence-electron chi connectivity index (χ4n) is 2.75. The second kappa shape index (κ2) is 5.25. The van der Waals surface area contributed by atoms with E-state index in [1.807, 2.05) is 0 Å². The van der Waals surface area contributed by atoms with Crippen molar-refractivity contribution in [1.29, 1.82) is 0 Å². The van der Waals surface area contributed by atoms with Crippen LogP contribution >= 0.6 is 0 Å². The van der Waals surface area contributed by atoms with E-state index in [9.17, 15) is 0 Å². The number of hydrogen-bond donors (Lipinski definition) is 1. The summed E-state index contributed by atoms with van der Waals surface area (Å²) in [6.45, 7) is 13.0. The van der Waals surface area contributed by atoms with Crippen LogP contribution < -0.4 is 5.32 Å². The average Bonchev–Trinajstić information content (AvgIpc) is 3.06. The minimum Gasteiger partial charge on any atom is -0.313 e. The van der Waals surface area contributed by atoms with E-state index in [4.69, 9.17) is 0 Å². The summed E-state index contributed by atoms with van der Waals surface area (Å²) in [7, 11) is 2.24. The van der Waals surface area contributed by atoms with Crippen molar-refractivity contribution in [3.8, 4) is 0 Å². The third kappa shape index (κ3) is 3.67. The molecule has 1 aliphatic heterocycles. The number of nitrogens with one attached hydrogen (secondary N) is 1. The Morgan fingerprint density at radius 3 is 2.59 bits per heavy atom. The van der Waals surface area contributed by atoms with Gasteiger partial charge in [0.25, 0.3) is 0 Å². The lowest BCUT2D eigenvalue weighted by atomic mass is 10.00. The van der Waals surface area contributed by atoms with Crippen molar-refractivity contribution in [3.63, 3.8) is 0 Å². The van der Waals surface area contributed by atoms with Gasteiger partial charge in [-0.05, 0) is 46.6 Å². The molecule has 0 radical (unpaired) electrons. The molecule has 2 rings (SSSR count). The van der Waals surface area contributed by atoms with Crippen LogP contribution in [0.5, 0.6) is 0 Å². The zero-order chi connectivity index (χ0) is 12.5. The predicted octanol–water partition coefficient (Wildman–Crippen LogP) is 1.40. The molecular formula is C14H29N3. The first-order valence-electron chi connectivity index (χ1n) is 7.16. The van der Waals surface area contributed by atoms with Crippen LogP contribution in [0, 0.1) is 5.92 Å². The van der Waals surface area contributed by atoms with Gasteiger partial charge in [0.2, 0.25) is 0 Å². The molecule has 1 saturated carbocycles. The summed E-state index contributed by atoms with van der Waals surface area (Å²) >= 11 is 0.